The molecule has 3 aromatic rings. The molecule has 2 aromatic carbocycles. The van der Waals surface area contributed by atoms with E-state index in [0.717, 1.165) is 5.69 Å². The Bertz CT molecular complexity index is 1010. The van der Waals surface area contributed by atoms with Crippen molar-refractivity contribution >= 4 is 45.9 Å². The summed E-state index contributed by atoms with van der Waals surface area (Å²) in [5.74, 6) is -0.0506. The van der Waals surface area contributed by atoms with Crippen LogP contribution in [0, 0.1) is 0 Å². The number of nitrogens with zero attached hydrogens (tertiary/aromatic N) is 2. The number of halogens is 1. The maximum absolute atomic E-state index is 12.8. The molecule has 0 aliphatic heterocycles. The Kier molecular flexibility index (Phi) is 6.49. The van der Waals surface area contributed by atoms with Crippen molar-refractivity contribution in [2.45, 2.75) is 11.7 Å². The summed E-state index contributed by atoms with van der Waals surface area (Å²) in [6.07, 6.45) is 0. The highest BCUT2D eigenvalue weighted by molar-refractivity contribution is 7.99. The van der Waals surface area contributed by atoms with Crippen LogP contribution in [0.5, 0.6) is 0 Å². The molecule has 1 amide bonds. The zero-order chi connectivity index (χ0) is 19.2. The minimum absolute atomic E-state index is 0.125. The molecule has 3 rings (SSSR count). The van der Waals surface area contributed by atoms with Crippen molar-refractivity contribution in [1.29, 1.82) is 0 Å². The number of nitrogens with one attached hydrogen (secondary N) is 1. The monoisotopic (exact) mass is 403 g/mol. The second-order valence-corrected chi connectivity index (χ2v) is 7.09. The smallest absolute Gasteiger partial charge is 0.262 e. The number of para-hydroxylation sites is 1. The summed E-state index contributed by atoms with van der Waals surface area (Å²) in [5, 5.41) is 4.25. The third-order valence-electron chi connectivity index (χ3n) is 3.79. The minimum Gasteiger partial charge on any atom is -0.383 e. The summed E-state index contributed by atoms with van der Waals surface area (Å²) in [6, 6.07) is 14.2. The number of amides is 1. The summed E-state index contributed by atoms with van der Waals surface area (Å²) in [6.45, 7) is 0.716. The Morgan fingerprint density at radius 1 is 1.26 bits per heavy atom. The Morgan fingerprint density at radius 2 is 2.04 bits per heavy atom. The quantitative estimate of drug-likeness (QED) is 0.483. The lowest BCUT2D eigenvalue weighted by atomic mass is 10.2. The largest absolute Gasteiger partial charge is 0.383 e. The second-order valence-electron chi connectivity index (χ2n) is 5.71. The van der Waals surface area contributed by atoms with Crippen molar-refractivity contribution < 1.29 is 9.53 Å². The Morgan fingerprint density at radius 3 is 2.78 bits per heavy atom. The molecular formula is C19H18ClN3O3S. The van der Waals surface area contributed by atoms with Gasteiger partial charge in [-0.1, -0.05) is 41.6 Å². The number of fused-ring (bicyclic) bond motifs is 1. The molecule has 1 heterocycles. The van der Waals surface area contributed by atoms with Gasteiger partial charge in [-0.3, -0.25) is 14.2 Å². The molecule has 27 heavy (non-hydrogen) atoms. The predicted octanol–water partition coefficient (Wildman–Crippen LogP) is 3.43. The van der Waals surface area contributed by atoms with Gasteiger partial charge >= 0.3 is 0 Å². The van der Waals surface area contributed by atoms with Crippen molar-refractivity contribution in [1.82, 2.24) is 9.55 Å². The zero-order valence-corrected chi connectivity index (χ0v) is 16.2. The molecule has 6 nitrogen and oxygen atoms in total. The molecule has 0 radical (unpaired) electrons. The summed E-state index contributed by atoms with van der Waals surface area (Å²) in [4.78, 5) is 29.6. The second kappa shape index (κ2) is 9.03. The number of aromatic nitrogens is 2. The molecule has 0 saturated carbocycles. The van der Waals surface area contributed by atoms with E-state index in [1.807, 2.05) is 30.3 Å². The highest BCUT2D eigenvalue weighted by Crippen LogP contribution is 2.21. The first-order valence-corrected chi connectivity index (χ1v) is 9.61. The number of rotatable bonds is 7. The van der Waals surface area contributed by atoms with Crippen molar-refractivity contribution in [3.05, 3.63) is 63.9 Å². The number of ether oxygens (including phenoxy) is 1. The molecule has 0 spiro atoms. The lowest BCUT2D eigenvalue weighted by Crippen LogP contribution is -2.26. The number of benzene rings is 2. The van der Waals surface area contributed by atoms with E-state index in [9.17, 15) is 9.59 Å². The van der Waals surface area contributed by atoms with Crippen molar-refractivity contribution in [3.63, 3.8) is 0 Å². The van der Waals surface area contributed by atoms with Crippen LogP contribution in [-0.2, 0) is 16.1 Å². The van der Waals surface area contributed by atoms with E-state index < -0.39 is 0 Å². The van der Waals surface area contributed by atoms with E-state index >= 15 is 0 Å². The number of carbonyl (C=O) groups is 1. The Labute approximate surface area is 165 Å². The molecule has 0 aliphatic carbocycles. The van der Waals surface area contributed by atoms with Crippen molar-refractivity contribution in [2.24, 2.45) is 0 Å². The van der Waals surface area contributed by atoms with E-state index in [4.69, 9.17) is 16.3 Å². The number of hydrogen-bond donors (Lipinski definition) is 1. The lowest BCUT2D eigenvalue weighted by molar-refractivity contribution is -0.113. The zero-order valence-electron chi connectivity index (χ0n) is 14.6. The number of thioether (sulfide) groups is 1. The highest BCUT2D eigenvalue weighted by atomic mass is 35.5. The first-order chi connectivity index (χ1) is 13.1. The average molecular weight is 404 g/mol. The summed E-state index contributed by atoms with van der Waals surface area (Å²) in [7, 11) is 1.57. The van der Waals surface area contributed by atoms with Gasteiger partial charge in [0.2, 0.25) is 5.91 Å². The normalized spacial score (nSPS) is 10.9. The van der Waals surface area contributed by atoms with Crippen LogP contribution in [0.3, 0.4) is 0 Å². The minimum atomic E-state index is -0.181. The van der Waals surface area contributed by atoms with E-state index in [0.29, 0.717) is 34.2 Å². The van der Waals surface area contributed by atoms with Gasteiger partial charge < -0.3 is 10.1 Å². The van der Waals surface area contributed by atoms with E-state index in [-0.39, 0.29) is 17.2 Å². The molecule has 8 heteroatoms. The number of hydrogen-bond acceptors (Lipinski definition) is 5. The van der Waals surface area contributed by atoms with E-state index in [1.54, 1.807) is 25.3 Å². The van der Waals surface area contributed by atoms with Gasteiger partial charge in [-0.2, -0.15) is 0 Å². The van der Waals surface area contributed by atoms with Crippen molar-refractivity contribution in [2.75, 3.05) is 24.8 Å². The summed E-state index contributed by atoms with van der Waals surface area (Å²) in [5.41, 5.74) is 1.05. The average Bonchev–Trinajstić information content (AvgIpc) is 2.66. The van der Waals surface area contributed by atoms with E-state index in [2.05, 4.69) is 10.3 Å². The third-order valence-corrected chi connectivity index (χ3v) is 5.00. The SMILES string of the molecule is COCCn1c(SCC(=O)Nc2ccccc2)nc2cc(Cl)ccc2c1=O. The van der Waals surface area contributed by atoms with E-state index in [1.165, 1.54) is 16.3 Å². The number of methoxy groups -OCH3 is 1. The first kappa shape index (κ1) is 19.4. The molecule has 0 atom stereocenters. The molecule has 0 saturated heterocycles. The Hall–Kier alpha value is -2.35. The lowest BCUT2D eigenvalue weighted by Gasteiger charge is -2.13. The molecule has 0 fully saturated rings. The third kappa shape index (κ3) is 4.88. The molecular weight excluding hydrogens is 386 g/mol. The highest BCUT2D eigenvalue weighted by Gasteiger charge is 2.14. The standard InChI is InChI=1S/C19H18ClN3O3S/c1-26-10-9-23-18(25)15-8-7-13(20)11-16(15)22-19(23)27-12-17(24)21-14-5-3-2-4-6-14/h2-8,11H,9-10,12H2,1H3,(H,21,24). The summed E-state index contributed by atoms with van der Waals surface area (Å²) < 4.78 is 6.62. The van der Waals surface area contributed by atoms with Crippen molar-refractivity contribution in [3.8, 4) is 0 Å². The van der Waals surface area contributed by atoms with Crippen LogP contribution in [0.25, 0.3) is 10.9 Å². The van der Waals surface area contributed by atoms with Crippen LogP contribution in [0.2, 0.25) is 5.02 Å². The van der Waals surface area contributed by atoms with Gasteiger partial charge in [0.15, 0.2) is 5.16 Å². The fourth-order valence-corrected chi connectivity index (χ4v) is 3.50. The number of anilines is 1. The van der Waals surface area contributed by atoms with Crippen LogP contribution in [-0.4, -0.2) is 34.9 Å². The molecule has 140 valence electrons. The van der Waals surface area contributed by atoms with Gasteiger partial charge in [-0.25, -0.2) is 4.98 Å². The molecule has 1 N–H and O–H groups in total. The topological polar surface area (TPSA) is 73.2 Å². The van der Waals surface area contributed by atoms with Crippen LogP contribution >= 0.6 is 23.4 Å². The maximum atomic E-state index is 12.8. The van der Waals surface area contributed by atoms with Gasteiger partial charge in [0, 0.05) is 17.8 Å². The molecule has 0 bridgehead atoms. The maximum Gasteiger partial charge on any atom is 0.262 e. The number of carbonyl (C=O) groups excluding carboxylic acids is 1. The van der Waals surface area contributed by atoms with Gasteiger partial charge in [0.25, 0.3) is 5.56 Å². The van der Waals surface area contributed by atoms with Gasteiger partial charge in [-0.15, -0.1) is 0 Å². The predicted molar refractivity (Wildman–Crippen MR) is 109 cm³/mol. The Balaban J connectivity index is 1.85. The molecule has 1 aromatic heterocycles. The van der Waals surface area contributed by atoms with Gasteiger partial charge in [-0.05, 0) is 30.3 Å². The van der Waals surface area contributed by atoms with Crippen LogP contribution in [0.4, 0.5) is 5.69 Å². The first-order valence-electron chi connectivity index (χ1n) is 8.25. The fraction of sp³-hybridized carbons (Fsp3) is 0.211. The van der Waals surface area contributed by atoms with Crippen LogP contribution in [0.1, 0.15) is 0 Å². The van der Waals surface area contributed by atoms with Gasteiger partial charge in [0.05, 0.1) is 29.8 Å². The summed E-state index contributed by atoms with van der Waals surface area (Å²) >= 11 is 7.23. The molecule has 0 aliphatic rings. The van der Waals surface area contributed by atoms with Crippen LogP contribution < -0.4 is 10.9 Å². The van der Waals surface area contributed by atoms with Gasteiger partial charge in [0.1, 0.15) is 0 Å². The fourth-order valence-electron chi connectivity index (χ4n) is 2.51. The van der Waals surface area contributed by atoms with Crippen LogP contribution in [0.15, 0.2) is 58.5 Å². The molecule has 0 unspecified atom stereocenters.